The molecule has 0 atom stereocenters. The van der Waals surface area contributed by atoms with Crippen LogP contribution in [0.5, 0.6) is 5.75 Å². The van der Waals surface area contributed by atoms with Gasteiger partial charge in [0, 0.05) is 31.1 Å². The van der Waals surface area contributed by atoms with E-state index in [0.717, 1.165) is 22.6 Å². The predicted molar refractivity (Wildman–Crippen MR) is 141 cm³/mol. The number of imidazole rings is 1. The number of carbonyl (C=O) groups excluding carboxylic acids is 2. The Bertz CT molecular complexity index is 1300. The lowest BCUT2D eigenvalue weighted by Gasteiger charge is -2.21. The van der Waals surface area contributed by atoms with Crippen molar-refractivity contribution in [2.75, 3.05) is 39.2 Å². The van der Waals surface area contributed by atoms with Crippen molar-refractivity contribution >= 4 is 29.1 Å². The first kappa shape index (κ1) is 25.2. The van der Waals surface area contributed by atoms with Gasteiger partial charge >= 0.3 is 0 Å². The van der Waals surface area contributed by atoms with Crippen molar-refractivity contribution < 1.29 is 19.1 Å². The van der Waals surface area contributed by atoms with Crippen LogP contribution in [0.25, 0.3) is 16.9 Å². The van der Waals surface area contributed by atoms with Crippen LogP contribution in [0.2, 0.25) is 0 Å². The summed E-state index contributed by atoms with van der Waals surface area (Å²) in [5, 5.41) is 4.73. The number of nitrogens with zero attached hydrogens (tertiary/aromatic N) is 3. The van der Waals surface area contributed by atoms with E-state index in [1.165, 1.54) is 16.2 Å². The molecule has 0 radical (unpaired) electrons. The van der Waals surface area contributed by atoms with E-state index in [9.17, 15) is 9.59 Å². The molecule has 36 heavy (non-hydrogen) atoms. The Morgan fingerprint density at radius 3 is 2.44 bits per heavy atom. The Hall–Kier alpha value is -3.95. The van der Waals surface area contributed by atoms with Crippen LogP contribution in [0.4, 0.5) is 5.95 Å². The normalized spacial score (nSPS) is 10.8. The van der Waals surface area contributed by atoms with Crippen molar-refractivity contribution in [1.29, 1.82) is 0 Å². The van der Waals surface area contributed by atoms with E-state index >= 15 is 0 Å². The summed E-state index contributed by atoms with van der Waals surface area (Å²) in [6.45, 7) is 2.51. The molecule has 0 saturated heterocycles. The minimum absolute atomic E-state index is 0.126. The highest BCUT2D eigenvalue weighted by Crippen LogP contribution is 2.26. The molecule has 0 fully saturated rings. The number of rotatable bonds is 10. The topological polar surface area (TPSA) is 85.7 Å². The van der Waals surface area contributed by atoms with Gasteiger partial charge in [-0.1, -0.05) is 23.8 Å². The van der Waals surface area contributed by atoms with Gasteiger partial charge in [-0.2, -0.15) is 0 Å². The highest BCUT2D eigenvalue weighted by atomic mass is 32.1. The quantitative estimate of drug-likeness (QED) is 0.340. The van der Waals surface area contributed by atoms with Gasteiger partial charge in [-0.05, 0) is 54.8 Å². The van der Waals surface area contributed by atoms with E-state index in [4.69, 9.17) is 14.5 Å². The van der Waals surface area contributed by atoms with Crippen LogP contribution < -0.4 is 10.1 Å². The summed E-state index contributed by atoms with van der Waals surface area (Å²) in [7, 11) is 3.18. The highest BCUT2D eigenvalue weighted by molar-refractivity contribution is 7.12. The van der Waals surface area contributed by atoms with Crippen molar-refractivity contribution in [1.82, 2.24) is 14.5 Å². The van der Waals surface area contributed by atoms with Gasteiger partial charge in [-0.25, -0.2) is 4.98 Å². The number of amides is 2. The number of thiophene rings is 1. The summed E-state index contributed by atoms with van der Waals surface area (Å²) in [5.41, 5.74) is 3.56. The maximum absolute atomic E-state index is 13.1. The van der Waals surface area contributed by atoms with Gasteiger partial charge in [-0.15, -0.1) is 11.3 Å². The summed E-state index contributed by atoms with van der Waals surface area (Å²) in [6, 6.07) is 19.1. The molecule has 186 valence electrons. The van der Waals surface area contributed by atoms with Gasteiger partial charge in [0.25, 0.3) is 5.91 Å². The Kier molecular flexibility index (Phi) is 8.14. The molecule has 2 aromatic carbocycles. The van der Waals surface area contributed by atoms with Gasteiger partial charge in [0.15, 0.2) is 0 Å². The van der Waals surface area contributed by atoms with E-state index in [1.54, 1.807) is 20.3 Å². The van der Waals surface area contributed by atoms with Crippen molar-refractivity contribution in [3.8, 4) is 22.7 Å². The zero-order valence-corrected chi connectivity index (χ0v) is 21.2. The number of aryl methyl sites for hydroxylation is 1. The minimum Gasteiger partial charge on any atom is -0.497 e. The number of aromatic nitrogens is 2. The van der Waals surface area contributed by atoms with Crippen molar-refractivity contribution in [3.63, 3.8) is 0 Å². The fourth-order valence-corrected chi connectivity index (χ4v) is 4.31. The Morgan fingerprint density at radius 2 is 1.81 bits per heavy atom. The van der Waals surface area contributed by atoms with E-state index in [-0.39, 0.29) is 18.4 Å². The maximum atomic E-state index is 13.1. The molecule has 0 unspecified atom stereocenters. The first-order chi connectivity index (χ1) is 17.5. The monoisotopic (exact) mass is 504 g/mol. The largest absolute Gasteiger partial charge is 0.497 e. The lowest BCUT2D eigenvalue weighted by Crippen LogP contribution is -2.40. The molecule has 0 aliphatic rings. The lowest BCUT2D eigenvalue weighted by atomic mass is 10.1. The molecule has 0 spiro atoms. The zero-order chi connectivity index (χ0) is 25.5. The fourth-order valence-electron chi connectivity index (χ4n) is 3.62. The van der Waals surface area contributed by atoms with Crippen LogP contribution in [0.1, 0.15) is 15.2 Å². The number of benzene rings is 2. The summed E-state index contributed by atoms with van der Waals surface area (Å²) in [4.78, 5) is 32.8. The Morgan fingerprint density at radius 1 is 1.06 bits per heavy atom. The van der Waals surface area contributed by atoms with Crippen LogP contribution in [0, 0.1) is 6.92 Å². The number of hydrogen-bond donors (Lipinski definition) is 1. The molecule has 0 aliphatic heterocycles. The molecule has 8 nitrogen and oxygen atoms in total. The lowest BCUT2D eigenvalue weighted by molar-refractivity contribution is -0.117. The molecule has 0 saturated carbocycles. The van der Waals surface area contributed by atoms with Crippen LogP contribution in [-0.2, 0) is 9.53 Å². The molecule has 0 aliphatic carbocycles. The summed E-state index contributed by atoms with van der Waals surface area (Å²) < 4.78 is 12.2. The average Bonchev–Trinajstić information content (AvgIpc) is 3.57. The Labute approximate surface area is 214 Å². The van der Waals surface area contributed by atoms with Crippen LogP contribution in [0.15, 0.2) is 72.2 Å². The van der Waals surface area contributed by atoms with Crippen LogP contribution >= 0.6 is 11.3 Å². The SMILES string of the molecule is COCCN(CC(=O)Nc1nc(-c2ccc(OC)cc2)cn1-c1ccc(C)cc1)C(=O)c1cccs1. The van der Waals surface area contributed by atoms with Crippen molar-refractivity contribution in [2.24, 2.45) is 0 Å². The summed E-state index contributed by atoms with van der Waals surface area (Å²) in [6.07, 6.45) is 1.88. The molecule has 2 aromatic heterocycles. The van der Waals surface area contributed by atoms with Gasteiger partial charge in [-0.3, -0.25) is 19.5 Å². The van der Waals surface area contributed by atoms with Crippen molar-refractivity contribution in [3.05, 3.63) is 82.7 Å². The van der Waals surface area contributed by atoms with Gasteiger partial charge < -0.3 is 14.4 Å². The third kappa shape index (κ3) is 5.99. The number of nitrogens with one attached hydrogen (secondary N) is 1. The number of ether oxygens (including phenoxy) is 2. The fraction of sp³-hybridized carbons (Fsp3) is 0.222. The first-order valence-electron chi connectivity index (χ1n) is 11.4. The summed E-state index contributed by atoms with van der Waals surface area (Å²) >= 11 is 1.34. The smallest absolute Gasteiger partial charge is 0.264 e. The molecular weight excluding hydrogens is 476 g/mol. The number of hydrogen-bond acceptors (Lipinski definition) is 6. The molecule has 4 rings (SSSR count). The number of carbonyl (C=O) groups is 2. The molecule has 2 heterocycles. The zero-order valence-electron chi connectivity index (χ0n) is 20.4. The minimum atomic E-state index is -0.351. The second-order valence-electron chi connectivity index (χ2n) is 8.13. The summed E-state index contributed by atoms with van der Waals surface area (Å²) in [5.74, 6) is 0.552. The third-order valence-electron chi connectivity index (χ3n) is 5.57. The second-order valence-corrected chi connectivity index (χ2v) is 9.08. The number of anilines is 1. The molecule has 0 bridgehead atoms. The average molecular weight is 505 g/mol. The van der Waals surface area contributed by atoms with E-state index < -0.39 is 0 Å². The molecule has 2 amide bonds. The van der Waals surface area contributed by atoms with Gasteiger partial charge in [0.05, 0.1) is 24.3 Å². The van der Waals surface area contributed by atoms with E-state index in [0.29, 0.717) is 29.7 Å². The first-order valence-corrected chi connectivity index (χ1v) is 12.3. The molecule has 4 aromatic rings. The maximum Gasteiger partial charge on any atom is 0.264 e. The Balaban J connectivity index is 1.60. The van der Waals surface area contributed by atoms with Crippen molar-refractivity contribution in [2.45, 2.75) is 6.92 Å². The number of methoxy groups -OCH3 is 2. The predicted octanol–water partition coefficient (Wildman–Crippen LogP) is 4.65. The van der Waals surface area contributed by atoms with E-state index in [1.807, 2.05) is 77.7 Å². The van der Waals surface area contributed by atoms with Crippen LogP contribution in [-0.4, -0.2) is 60.2 Å². The highest BCUT2D eigenvalue weighted by Gasteiger charge is 2.21. The molecule has 9 heteroatoms. The van der Waals surface area contributed by atoms with Gasteiger partial charge in [0.1, 0.15) is 12.3 Å². The standard InChI is InChI=1S/C27H28N4O4S/c1-19-6-10-21(11-7-19)31-17-23(20-8-12-22(35-3)13-9-20)28-27(31)29-25(32)18-30(14-15-34-2)26(33)24-5-4-16-36-24/h4-13,16-17H,14-15,18H2,1-3H3,(H,28,29,32). The molecular formula is C27H28N4O4S. The second kappa shape index (κ2) is 11.7. The van der Waals surface area contributed by atoms with Crippen LogP contribution in [0.3, 0.4) is 0 Å². The molecule has 1 N–H and O–H groups in total. The van der Waals surface area contributed by atoms with E-state index in [2.05, 4.69) is 5.32 Å². The third-order valence-corrected chi connectivity index (χ3v) is 6.43. The van der Waals surface area contributed by atoms with Gasteiger partial charge in [0.2, 0.25) is 11.9 Å².